The van der Waals surface area contributed by atoms with Crippen LogP contribution in [0.15, 0.2) is 60.8 Å². The lowest BCUT2D eigenvalue weighted by Crippen LogP contribution is -2.18. The molecule has 1 fully saturated rings. The van der Waals surface area contributed by atoms with Gasteiger partial charge in [-0.1, -0.05) is 37.5 Å². The highest BCUT2D eigenvalue weighted by atomic mass is 16.3. The molecule has 1 amide bonds. The molecular weight excluding hydrogens is 350 g/mol. The van der Waals surface area contributed by atoms with Gasteiger partial charge in [-0.05, 0) is 49.2 Å². The van der Waals surface area contributed by atoms with Crippen molar-refractivity contribution in [2.75, 3.05) is 5.32 Å². The van der Waals surface area contributed by atoms with Gasteiger partial charge >= 0.3 is 0 Å². The fraction of sp³-hybridized carbons (Fsp3) is 0.261. The number of hydrogen-bond acceptors (Lipinski definition) is 4. The van der Waals surface area contributed by atoms with Gasteiger partial charge in [0.15, 0.2) is 5.82 Å². The van der Waals surface area contributed by atoms with Crippen molar-refractivity contribution in [2.45, 2.75) is 38.0 Å². The molecule has 0 aliphatic heterocycles. The summed E-state index contributed by atoms with van der Waals surface area (Å²) in [5, 5.41) is 12.5. The number of benzene rings is 2. The third-order valence-electron chi connectivity index (χ3n) is 5.22. The van der Waals surface area contributed by atoms with E-state index in [1.54, 1.807) is 30.5 Å². The van der Waals surface area contributed by atoms with Gasteiger partial charge in [-0.25, -0.2) is 9.97 Å². The summed E-state index contributed by atoms with van der Waals surface area (Å²) in [6.07, 6.45) is 7.38. The van der Waals surface area contributed by atoms with Crippen LogP contribution in [0, 0.1) is 0 Å². The molecule has 5 nitrogen and oxygen atoms in total. The molecule has 5 heteroatoms. The van der Waals surface area contributed by atoms with Crippen LogP contribution >= 0.6 is 0 Å². The lowest BCUT2D eigenvalue weighted by Gasteiger charge is -2.23. The standard InChI is InChI=1S/C23H23N3O2/c27-19-13-11-16(12-14-19)20-15-24-22(21(25-20)17-7-3-1-4-8-17)26-23(28)18-9-5-2-6-10-18/h2,5-6,9-15,17,27H,1,3-4,7-8H2,(H,24,26,28). The average molecular weight is 373 g/mol. The monoisotopic (exact) mass is 373 g/mol. The molecule has 2 aromatic carbocycles. The number of anilines is 1. The van der Waals surface area contributed by atoms with Crippen LogP contribution in [-0.4, -0.2) is 21.0 Å². The molecule has 1 aromatic heterocycles. The molecule has 2 N–H and O–H groups in total. The molecule has 0 saturated heterocycles. The van der Waals surface area contributed by atoms with E-state index in [-0.39, 0.29) is 11.7 Å². The molecule has 1 aliphatic rings. The van der Waals surface area contributed by atoms with Crippen molar-refractivity contribution in [2.24, 2.45) is 0 Å². The number of hydrogen-bond donors (Lipinski definition) is 2. The molecule has 1 aliphatic carbocycles. The number of nitrogens with zero attached hydrogens (tertiary/aromatic N) is 2. The average Bonchev–Trinajstić information content (AvgIpc) is 2.76. The van der Waals surface area contributed by atoms with Crippen molar-refractivity contribution in [1.29, 1.82) is 0 Å². The first-order valence-electron chi connectivity index (χ1n) is 9.73. The van der Waals surface area contributed by atoms with Crippen molar-refractivity contribution in [1.82, 2.24) is 9.97 Å². The molecular formula is C23H23N3O2. The minimum absolute atomic E-state index is 0.177. The summed E-state index contributed by atoms with van der Waals surface area (Å²) in [6, 6.07) is 16.1. The highest BCUT2D eigenvalue weighted by molar-refractivity contribution is 6.04. The van der Waals surface area contributed by atoms with Crippen molar-refractivity contribution >= 4 is 11.7 Å². The Morgan fingerprint density at radius 2 is 1.68 bits per heavy atom. The molecule has 1 saturated carbocycles. The maximum atomic E-state index is 12.6. The van der Waals surface area contributed by atoms with Crippen molar-refractivity contribution in [3.8, 4) is 17.0 Å². The van der Waals surface area contributed by atoms with E-state index in [1.807, 2.05) is 30.3 Å². The molecule has 0 bridgehead atoms. The van der Waals surface area contributed by atoms with E-state index in [0.29, 0.717) is 17.3 Å². The molecule has 0 atom stereocenters. The predicted molar refractivity (Wildman–Crippen MR) is 109 cm³/mol. The Morgan fingerprint density at radius 1 is 0.964 bits per heavy atom. The van der Waals surface area contributed by atoms with Crippen LogP contribution in [0.25, 0.3) is 11.3 Å². The number of carbonyl (C=O) groups is 1. The maximum absolute atomic E-state index is 12.6. The zero-order valence-corrected chi connectivity index (χ0v) is 15.6. The molecule has 3 aromatic rings. The Morgan fingerprint density at radius 3 is 2.39 bits per heavy atom. The first-order valence-corrected chi connectivity index (χ1v) is 9.73. The molecule has 28 heavy (non-hydrogen) atoms. The first kappa shape index (κ1) is 18.2. The molecule has 0 spiro atoms. The Balaban J connectivity index is 1.68. The van der Waals surface area contributed by atoms with Crippen LogP contribution in [0.3, 0.4) is 0 Å². The molecule has 0 radical (unpaired) electrons. The van der Waals surface area contributed by atoms with Crippen LogP contribution in [0.5, 0.6) is 5.75 Å². The van der Waals surface area contributed by atoms with Crippen molar-refractivity contribution in [3.63, 3.8) is 0 Å². The zero-order valence-electron chi connectivity index (χ0n) is 15.6. The molecule has 142 valence electrons. The number of aromatic nitrogens is 2. The second-order valence-electron chi connectivity index (χ2n) is 7.19. The molecule has 1 heterocycles. The van der Waals surface area contributed by atoms with E-state index < -0.39 is 0 Å². The van der Waals surface area contributed by atoms with Crippen LogP contribution < -0.4 is 5.32 Å². The van der Waals surface area contributed by atoms with E-state index >= 15 is 0 Å². The zero-order chi connectivity index (χ0) is 19.3. The van der Waals surface area contributed by atoms with Crippen molar-refractivity contribution in [3.05, 3.63) is 72.1 Å². The normalized spacial score (nSPS) is 14.6. The predicted octanol–water partition coefficient (Wildman–Crippen LogP) is 5.15. The Bertz CT molecular complexity index is 949. The molecule has 4 rings (SSSR count). The van der Waals surface area contributed by atoms with Gasteiger partial charge in [-0.15, -0.1) is 0 Å². The highest BCUT2D eigenvalue weighted by Crippen LogP contribution is 2.36. The minimum atomic E-state index is -0.177. The summed E-state index contributed by atoms with van der Waals surface area (Å²) in [5.74, 6) is 0.882. The van der Waals surface area contributed by atoms with Gasteiger partial charge in [0.2, 0.25) is 0 Å². The van der Waals surface area contributed by atoms with Crippen LogP contribution in [-0.2, 0) is 0 Å². The minimum Gasteiger partial charge on any atom is -0.508 e. The van der Waals surface area contributed by atoms with Gasteiger partial charge in [-0.2, -0.15) is 0 Å². The van der Waals surface area contributed by atoms with Gasteiger partial charge in [0.25, 0.3) is 5.91 Å². The number of aromatic hydroxyl groups is 1. The van der Waals surface area contributed by atoms with Gasteiger partial charge < -0.3 is 10.4 Å². The van der Waals surface area contributed by atoms with Crippen LogP contribution in [0.4, 0.5) is 5.82 Å². The largest absolute Gasteiger partial charge is 0.508 e. The fourth-order valence-electron chi connectivity index (χ4n) is 3.70. The van der Waals surface area contributed by atoms with Crippen molar-refractivity contribution < 1.29 is 9.90 Å². The lowest BCUT2D eigenvalue weighted by molar-refractivity contribution is 0.102. The van der Waals surface area contributed by atoms with Crippen LogP contribution in [0.1, 0.15) is 54.1 Å². The fourth-order valence-corrected chi connectivity index (χ4v) is 3.70. The van der Waals surface area contributed by atoms with Crippen LogP contribution in [0.2, 0.25) is 0 Å². The summed E-state index contributed by atoms with van der Waals surface area (Å²) >= 11 is 0. The number of phenolic OH excluding ortho intramolecular Hbond substituents is 1. The summed E-state index contributed by atoms with van der Waals surface area (Å²) in [6.45, 7) is 0. The summed E-state index contributed by atoms with van der Waals surface area (Å²) in [4.78, 5) is 22.1. The number of rotatable bonds is 4. The highest BCUT2D eigenvalue weighted by Gasteiger charge is 2.23. The van der Waals surface area contributed by atoms with E-state index in [4.69, 9.17) is 4.98 Å². The maximum Gasteiger partial charge on any atom is 0.256 e. The number of phenols is 1. The SMILES string of the molecule is O=C(Nc1ncc(-c2ccc(O)cc2)nc1C1CCCCC1)c1ccccc1. The number of nitrogens with one attached hydrogen (secondary N) is 1. The Labute approximate surface area is 164 Å². The van der Waals surface area contributed by atoms with E-state index in [1.165, 1.54) is 19.3 Å². The smallest absolute Gasteiger partial charge is 0.256 e. The second kappa shape index (κ2) is 8.21. The Hall–Kier alpha value is -3.21. The van der Waals surface area contributed by atoms with E-state index in [2.05, 4.69) is 10.3 Å². The number of amides is 1. The van der Waals surface area contributed by atoms with Gasteiger partial charge in [0.05, 0.1) is 17.6 Å². The van der Waals surface area contributed by atoms with Gasteiger partial charge in [0.1, 0.15) is 5.75 Å². The van der Waals surface area contributed by atoms with Gasteiger partial charge in [-0.3, -0.25) is 4.79 Å². The third-order valence-corrected chi connectivity index (χ3v) is 5.22. The number of carbonyl (C=O) groups excluding carboxylic acids is 1. The van der Waals surface area contributed by atoms with E-state index in [0.717, 1.165) is 29.8 Å². The Kier molecular flexibility index (Phi) is 5.33. The van der Waals surface area contributed by atoms with E-state index in [9.17, 15) is 9.90 Å². The lowest BCUT2D eigenvalue weighted by atomic mass is 9.86. The third kappa shape index (κ3) is 4.03. The summed E-state index contributed by atoms with van der Waals surface area (Å²) < 4.78 is 0. The first-order chi connectivity index (χ1) is 13.7. The second-order valence-corrected chi connectivity index (χ2v) is 7.19. The quantitative estimate of drug-likeness (QED) is 0.663. The van der Waals surface area contributed by atoms with Gasteiger partial charge in [0, 0.05) is 17.0 Å². The topological polar surface area (TPSA) is 75.1 Å². The summed E-state index contributed by atoms with van der Waals surface area (Å²) in [5.41, 5.74) is 3.10. The summed E-state index contributed by atoms with van der Waals surface area (Å²) in [7, 11) is 0. The molecule has 0 unspecified atom stereocenters.